The topological polar surface area (TPSA) is 96.0 Å². The molecule has 23 heavy (non-hydrogen) atoms. The van der Waals surface area contributed by atoms with E-state index >= 15 is 0 Å². The predicted molar refractivity (Wildman–Crippen MR) is 79.7 cm³/mol. The Morgan fingerprint density at radius 3 is 2.70 bits per heavy atom. The fraction of sp³-hybridized carbons (Fsp3) is 0.0667. The Morgan fingerprint density at radius 2 is 1.96 bits per heavy atom. The summed E-state index contributed by atoms with van der Waals surface area (Å²) in [4.78, 5) is 26.6. The van der Waals surface area contributed by atoms with Crippen LogP contribution in [0.25, 0.3) is 5.65 Å². The molecule has 3 aromatic rings. The number of carbonyl (C=O) groups is 1. The van der Waals surface area contributed by atoms with Gasteiger partial charge in [-0.25, -0.2) is 4.79 Å². The molecule has 0 bridgehead atoms. The zero-order chi connectivity index (χ0) is 16.4. The van der Waals surface area contributed by atoms with Crippen molar-refractivity contribution in [2.45, 2.75) is 0 Å². The molecule has 3 rings (SSSR count). The van der Waals surface area contributed by atoms with Crippen molar-refractivity contribution in [2.24, 2.45) is 0 Å². The maximum atomic E-state index is 11.8. The van der Waals surface area contributed by atoms with Crippen LogP contribution >= 0.6 is 0 Å². The van der Waals surface area contributed by atoms with Gasteiger partial charge in [-0.1, -0.05) is 18.2 Å². The molecule has 2 aromatic heterocycles. The lowest BCUT2D eigenvalue weighted by molar-refractivity contribution is -0.391. The number of nitrogens with zero attached hydrogens (tertiary/aromatic N) is 3. The van der Waals surface area contributed by atoms with E-state index in [9.17, 15) is 14.9 Å². The summed E-state index contributed by atoms with van der Waals surface area (Å²) in [5.41, 5.74) is 0.520. The van der Waals surface area contributed by atoms with Crippen LogP contribution in [0, 0.1) is 10.1 Å². The van der Waals surface area contributed by atoms with E-state index in [0.717, 1.165) is 0 Å². The number of ether oxygens (including phenoxy) is 2. The lowest BCUT2D eigenvalue weighted by atomic mass is 10.2. The summed E-state index contributed by atoms with van der Waals surface area (Å²) in [6, 6.07) is 11.3. The second-order valence-corrected chi connectivity index (χ2v) is 4.52. The Bertz CT molecular complexity index is 903. The Kier molecular flexibility index (Phi) is 3.63. The number of benzene rings is 1. The van der Waals surface area contributed by atoms with Gasteiger partial charge in [0.05, 0.1) is 13.3 Å². The minimum absolute atomic E-state index is 0.130. The molecule has 1 aromatic carbocycles. The Hall–Kier alpha value is -3.42. The molecule has 0 amide bonds. The number of methoxy groups -OCH3 is 1. The van der Waals surface area contributed by atoms with Crippen LogP contribution in [-0.2, 0) is 4.74 Å². The molecule has 0 atom stereocenters. The fourth-order valence-electron chi connectivity index (χ4n) is 2.13. The van der Waals surface area contributed by atoms with Gasteiger partial charge in [-0.05, 0) is 23.1 Å². The van der Waals surface area contributed by atoms with Gasteiger partial charge >= 0.3 is 17.7 Å². The number of carbonyl (C=O) groups excluding carboxylic acids is 1. The Morgan fingerprint density at radius 1 is 1.22 bits per heavy atom. The number of hydrogen-bond acceptors (Lipinski definition) is 6. The van der Waals surface area contributed by atoms with Gasteiger partial charge in [0.1, 0.15) is 11.3 Å². The molecule has 0 aliphatic heterocycles. The first kappa shape index (κ1) is 14.5. The third-order valence-corrected chi connectivity index (χ3v) is 3.15. The largest absolute Gasteiger partial charge is 0.465 e. The number of pyridine rings is 1. The summed E-state index contributed by atoms with van der Waals surface area (Å²) < 4.78 is 11.5. The number of nitro groups is 1. The van der Waals surface area contributed by atoms with Gasteiger partial charge in [0.2, 0.25) is 5.65 Å². The molecule has 0 fully saturated rings. The molecular formula is C15H11N3O5. The number of esters is 1. The van der Waals surface area contributed by atoms with Gasteiger partial charge in [0.15, 0.2) is 0 Å². The van der Waals surface area contributed by atoms with Gasteiger partial charge in [-0.2, -0.15) is 9.38 Å². The van der Waals surface area contributed by atoms with Crippen LogP contribution in [0.5, 0.6) is 11.6 Å². The van der Waals surface area contributed by atoms with E-state index in [4.69, 9.17) is 4.74 Å². The molecule has 0 spiro atoms. The highest BCUT2D eigenvalue weighted by Gasteiger charge is 2.26. The molecule has 0 aliphatic rings. The summed E-state index contributed by atoms with van der Waals surface area (Å²) in [6.45, 7) is 0. The SMILES string of the molecule is COC(=O)c1ccccc1Oc1nc2ccccn2c1[N+](=O)[O-]. The Balaban J connectivity index is 2.11. The molecule has 0 unspecified atom stereocenters. The number of hydrogen-bond donors (Lipinski definition) is 0. The van der Waals surface area contributed by atoms with Crippen molar-refractivity contribution in [3.63, 3.8) is 0 Å². The molecule has 0 aliphatic carbocycles. The van der Waals surface area contributed by atoms with Crippen LogP contribution in [0.2, 0.25) is 0 Å². The number of aromatic nitrogens is 2. The summed E-state index contributed by atoms with van der Waals surface area (Å²) in [6.07, 6.45) is 1.51. The summed E-state index contributed by atoms with van der Waals surface area (Å²) >= 11 is 0. The van der Waals surface area contributed by atoms with Crippen LogP contribution in [0.3, 0.4) is 0 Å². The standard InChI is InChI=1S/C15H11N3O5/c1-22-15(19)10-6-2-3-7-11(10)23-13-14(18(20)21)17-9-5-4-8-12(17)16-13/h2-9H,1H3. The Labute approximate surface area is 130 Å². The lowest BCUT2D eigenvalue weighted by Crippen LogP contribution is -2.04. The van der Waals surface area contributed by atoms with E-state index in [1.54, 1.807) is 30.3 Å². The zero-order valence-electron chi connectivity index (χ0n) is 12.0. The van der Waals surface area contributed by atoms with Crippen molar-refractivity contribution in [3.05, 3.63) is 64.3 Å². The maximum Gasteiger partial charge on any atom is 0.392 e. The van der Waals surface area contributed by atoms with Gasteiger partial charge < -0.3 is 19.6 Å². The second kappa shape index (κ2) is 5.76. The van der Waals surface area contributed by atoms with Crippen molar-refractivity contribution in [3.8, 4) is 11.6 Å². The zero-order valence-corrected chi connectivity index (χ0v) is 12.0. The molecule has 8 nitrogen and oxygen atoms in total. The highest BCUT2D eigenvalue weighted by Crippen LogP contribution is 2.33. The van der Waals surface area contributed by atoms with Crippen molar-refractivity contribution in [2.75, 3.05) is 7.11 Å². The van der Waals surface area contributed by atoms with Crippen LogP contribution in [0.15, 0.2) is 48.7 Å². The summed E-state index contributed by atoms with van der Waals surface area (Å²) in [5.74, 6) is -0.990. The monoisotopic (exact) mass is 313 g/mol. The normalized spacial score (nSPS) is 10.5. The van der Waals surface area contributed by atoms with Crippen LogP contribution in [0.4, 0.5) is 5.82 Å². The van der Waals surface area contributed by atoms with Crippen molar-refractivity contribution < 1.29 is 19.2 Å². The summed E-state index contributed by atoms with van der Waals surface area (Å²) in [7, 11) is 1.24. The van der Waals surface area contributed by atoms with Gasteiger partial charge in [-0.3, -0.25) is 0 Å². The number of fused-ring (bicyclic) bond motifs is 1. The van der Waals surface area contributed by atoms with E-state index in [2.05, 4.69) is 9.72 Å². The first-order valence-electron chi connectivity index (χ1n) is 6.58. The fourth-order valence-corrected chi connectivity index (χ4v) is 2.13. The second-order valence-electron chi connectivity index (χ2n) is 4.52. The molecule has 8 heteroatoms. The van der Waals surface area contributed by atoms with E-state index in [1.807, 2.05) is 0 Å². The van der Waals surface area contributed by atoms with Crippen LogP contribution in [-0.4, -0.2) is 27.4 Å². The van der Waals surface area contributed by atoms with Gasteiger partial charge in [0.25, 0.3) is 0 Å². The highest BCUT2D eigenvalue weighted by molar-refractivity contribution is 5.92. The smallest absolute Gasteiger partial charge is 0.392 e. The molecule has 0 saturated carbocycles. The van der Waals surface area contributed by atoms with E-state index in [0.29, 0.717) is 5.65 Å². The average molecular weight is 313 g/mol. The van der Waals surface area contributed by atoms with Crippen LogP contribution in [0.1, 0.15) is 10.4 Å². The molecule has 0 radical (unpaired) electrons. The number of imidazole rings is 1. The molecule has 0 N–H and O–H groups in total. The minimum atomic E-state index is -0.605. The maximum absolute atomic E-state index is 11.8. The third-order valence-electron chi connectivity index (χ3n) is 3.15. The summed E-state index contributed by atoms with van der Waals surface area (Å²) in [5, 5.41) is 11.3. The highest BCUT2D eigenvalue weighted by atomic mass is 16.6. The molecule has 116 valence electrons. The van der Waals surface area contributed by atoms with E-state index < -0.39 is 10.9 Å². The third kappa shape index (κ3) is 2.57. The van der Waals surface area contributed by atoms with Crippen molar-refractivity contribution in [1.29, 1.82) is 0 Å². The number of rotatable bonds is 4. The predicted octanol–water partition coefficient (Wildman–Crippen LogP) is 2.82. The first-order chi connectivity index (χ1) is 11.1. The van der Waals surface area contributed by atoms with E-state index in [1.165, 1.54) is 29.8 Å². The lowest BCUT2D eigenvalue weighted by Gasteiger charge is -2.07. The average Bonchev–Trinajstić information content (AvgIpc) is 2.92. The van der Waals surface area contributed by atoms with E-state index in [-0.39, 0.29) is 23.0 Å². The number of para-hydroxylation sites is 1. The quantitative estimate of drug-likeness (QED) is 0.417. The molecule has 2 heterocycles. The van der Waals surface area contributed by atoms with Crippen molar-refractivity contribution >= 4 is 17.4 Å². The van der Waals surface area contributed by atoms with Crippen molar-refractivity contribution in [1.82, 2.24) is 9.38 Å². The molecular weight excluding hydrogens is 302 g/mol. The van der Waals surface area contributed by atoms with Gasteiger partial charge in [0, 0.05) is 6.07 Å². The minimum Gasteiger partial charge on any atom is -0.465 e. The molecule has 0 saturated heterocycles. The first-order valence-corrected chi connectivity index (χ1v) is 6.58. The van der Waals surface area contributed by atoms with Crippen LogP contribution < -0.4 is 4.74 Å². The van der Waals surface area contributed by atoms with Gasteiger partial charge in [-0.15, -0.1) is 0 Å².